The number of halogens is 3. The van der Waals surface area contributed by atoms with Gasteiger partial charge in [-0.25, -0.2) is 9.78 Å². The molecule has 0 amide bonds. The van der Waals surface area contributed by atoms with Gasteiger partial charge in [-0.3, -0.25) is 4.98 Å². The monoisotopic (exact) mass is 333 g/mol. The molecule has 23 heavy (non-hydrogen) atoms. The van der Waals surface area contributed by atoms with Gasteiger partial charge in [0.15, 0.2) is 0 Å². The number of nitrogens with zero attached hydrogens (tertiary/aromatic N) is 2. The Kier molecular flexibility index (Phi) is 5.75. The largest absolute Gasteiger partial charge is 0.490 e. The molecule has 128 valence electrons. The SMILES string of the molecule is O=C(O)C(F)(F)F.c1cnc(O[C@@H]2C[C@H]3CCC[C@@H](C2)N3)cn1. The zero-order valence-corrected chi connectivity index (χ0v) is 12.3. The fraction of sp³-hybridized carbons (Fsp3) is 0.643. The van der Waals surface area contributed by atoms with Crippen molar-refractivity contribution >= 4 is 5.97 Å². The van der Waals surface area contributed by atoms with E-state index in [1.807, 2.05) is 0 Å². The number of nitrogens with one attached hydrogen (secondary N) is 1. The Hall–Kier alpha value is -1.90. The summed E-state index contributed by atoms with van der Waals surface area (Å²) >= 11 is 0. The van der Waals surface area contributed by atoms with E-state index in [0.29, 0.717) is 24.1 Å². The molecule has 0 aliphatic carbocycles. The topological polar surface area (TPSA) is 84.3 Å². The molecule has 2 fully saturated rings. The maximum Gasteiger partial charge on any atom is 0.490 e. The first kappa shape index (κ1) is 17.5. The third-order valence-corrected chi connectivity index (χ3v) is 3.74. The smallest absolute Gasteiger partial charge is 0.475 e. The Morgan fingerprint density at radius 2 is 1.87 bits per heavy atom. The average Bonchev–Trinajstić information content (AvgIpc) is 2.47. The van der Waals surface area contributed by atoms with Crippen LogP contribution in [0.15, 0.2) is 18.6 Å². The van der Waals surface area contributed by atoms with Crippen LogP contribution in [-0.2, 0) is 4.79 Å². The van der Waals surface area contributed by atoms with Crippen molar-refractivity contribution in [2.24, 2.45) is 0 Å². The fourth-order valence-corrected chi connectivity index (χ4v) is 2.83. The van der Waals surface area contributed by atoms with Crippen molar-refractivity contribution in [3.63, 3.8) is 0 Å². The highest BCUT2D eigenvalue weighted by Gasteiger charge is 2.38. The second-order valence-corrected chi connectivity index (χ2v) is 5.55. The number of aliphatic carboxylic acids is 1. The summed E-state index contributed by atoms with van der Waals surface area (Å²) in [5.41, 5.74) is 0. The van der Waals surface area contributed by atoms with E-state index in [2.05, 4.69) is 15.3 Å². The number of carbonyl (C=O) groups is 1. The van der Waals surface area contributed by atoms with Gasteiger partial charge in [-0.05, 0) is 25.7 Å². The lowest BCUT2D eigenvalue weighted by Gasteiger charge is -2.39. The number of hydrogen-bond donors (Lipinski definition) is 2. The molecule has 3 heterocycles. The molecule has 6 nitrogen and oxygen atoms in total. The summed E-state index contributed by atoms with van der Waals surface area (Å²) < 4.78 is 37.6. The molecule has 0 aromatic carbocycles. The summed E-state index contributed by atoms with van der Waals surface area (Å²) in [4.78, 5) is 17.1. The number of carboxylic acids is 1. The van der Waals surface area contributed by atoms with Crippen molar-refractivity contribution in [3.05, 3.63) is 18.6 Å². The summed E-state index contributed by atoms with van der Waals surface area (Å²) in [5.74, 6) is -2.10. The van der Waals surface area contributed by atoms with Crippen molar-refractivity contribution in [2.45, 2.75) is 56.5 Å². The number of hydrogen-bond acceptors (Lipinski definition) is 5. The van der Waals surface area contributed by atoms with Crippen LogP contribution in [0, 0.1) is 0 Å². The van der Waals surface area contributed by atoms with E-state index in [1.54, 1.807) is 18.6 Å². The molecule has 0 unspecified atom stereocenters. The zero-order valence-electron chi connectivity index (χ0n) is 12.3. The van der Waals surface area contributed by atoms with E-state index in [-0.39, 0.29) is 0 Å². The van der Waals surface area contributed by atoms with Crippen LogP contribution in [0.4, 0.5) is 13.2 Å². The Morgan fingerprint density at radius 1 is 1.26 bits per heavy atom. The fourth-order valence-electron chi connectivity index (χ4n) is 2.83. The maximum atomic E-state index is 10.6. The summed E-state index contributed by atoms with van der Waals surface area (Å²) in [6, 6.07) is 1.29. The zero-order chi connectivity index (χ0) is 16.9. The summed E-state index contributed by atoms with van der Waals surface area (Å²) in [6.45, 7) is 0. The van der Waals surface area contributed by atoms with E-state index >= 15 is 0 Å². The highest BCUT2D eigenvalue weighted by molar-refractivity contribution is 5.73. The van der Waals surface area contributed by atoms with Crippen molar-refractivity contribution in [1.82, 2.24) is 15.3 Å². The molecule has 0 spiro atoms. The van der Waals surface area contributed by atoms with Crippen molar-refractivity contribution in [1.29, 1.82) is 0 Å². The second-order valence-electron chi connectivity index (χ2n) is 5.55. The molecular formula is C14H18F3N3O3. The lowest BCUT2D eigenvalue weighted by atomic mass is 9.85. The van der Waals surface area contributed by atoms with Gasteiger partial charge in [-0.15, -0.1) is 0 Å². The molecule has 2 bridgehead atoms. The van der Waals surface area contributed by atoms with Crippen LogP contribution in [-0.4, -0.2) is 45.4 Å². The molecule has 2 aliphatic heterocycles. The van der Waals surface area contributed by atoms with Crippen molar-refractivity contribution < 1.29 is 27.8 Å². The van der Waals surface area contributed by atoms with Gasteiger partial charge in [0.1, 0.15) is 6.10 Å². The normalized spacial score (nSPS) is 26.7. The minimum atomic E-state index is -5.08. The molecule has 2 aliphatic rings. The Bertz CT molecular complexity index is 501. The molecule has 9 heteroatoms. The predicted molar refractivity (Wildman–Crippen MR) is 73.9 cm³/mol. The Labute approximate surface area is 131 Å². The van der Waals surface area contributed by atoms with Crippen LogP contribution in [0.2, 0.25) is 0 Å². The standard InChI is InChI=1S/C12H17N3O.C2HF3O2/c1-2-9-6-11(7-10(3-1)15-9)16-12-8-13-4-5-14-12;3-2(4,5)1(6)7/h4-5,8-11,15H,1-3,6-7H2;(H,6,7)/t9-,10+,11-;. The van der Waals surface area contributed by atoms with E-state index in [0.717, 1.165) is 12.8 Å². The molecule has 0 radical (unpaired) electrons. The number of carboxylic acid groups (broad SMARTS) is 1. The van der Waals surface area contributed by atoms with Gasteiger partial charge < -0.3 is 15.2 Å². The molecule has 3 rings (SSSR count). The molecule has 2 saturated heterocycles. The van der Waals surface area contributed by atoms with Gasteiger partial charge in [-0.1, -0.05) is 6.42 Å². The van der Waals surface area contributed by atoms with E-state index in [4.69, 9.17) is 14.6 Å². The minimum Gasteiger partial charge on any atom is -0.475 e. The van der Waals surface area contributed by atoms with Gasteiger partial charge in [0.25, 0.3) is 0 Å². The third-order valence-electron chi connectivity index (χ3n) is 3.74. The number of alkyl halides is 3. The molecule has 2 N–H and O–H groups in total. The third kappa shape index (κ3) is 5.66. The van der Waals surface area contributed by atoms with Gasteiger partial charge in [0.2, 0.25) is 5.88 Å². The van der Waals surface area contributed by atoms with Crippen molar-refractivity contribution in [2.75, 3.05) is 0 Å². The first-order valence-corrected chi connectivity index (χ1v) is 7.33. The molecule has 1 aromatic heterocycles. The minimum absolute atomic E-state index is 0.313. The number of fused-ring (bicyclic) bond motifs is 2. The van der Waals surface area contributed by atoms with Crippen LogP contribution in [0.3, 0.4) is 0 Å². The van der Waals surface area contributed by atoms with E-state index < -0.39 is 12.1 Å². The van der Waals surface area contributed by atoms with E-state index in [9.17, 15) is 13.2 Å². The lowest BCUT2D eigenvalue weighted by Crippen LogP contribution is -2.51. The molecule has 0 saturated carbocycles. The Morgan fingerprint density at radius 3 is 2.35 bits per heavy atom. The van der Waals surface area contributed by atoms with Crippen LogP contribution < -0.4 is 10.1 Å². The van der Waals surface area contributed by atoms with Crippen LogP contribution in [0.5, 0.6) is 5.88 Å². The maximum absolute atomic E-state index is 10.6. The average molecular weight is 333 g/mol. The van der Waals surface area contributed by atoms with Crippen LogP contribution in [0.1, 0.15) is 32.1 Å². The van der Waals surface area contributed by atoms with Gasteiger partial charge in [-0.2, -0.15) is 13.2 Å². The number of piperidine rings is 2. The Balaban J connectivity index is 0.000000236. The molecular weight excluding hydrogens is 315 g/mol. The van der Waals surface area contributed by atoms with Gasteiger partial charge in [0.05, 0.1) is 6.20 Å². The second kappa shape index (κ2) is 7.58. The van der Waals surface area contributed by atoms with Crippen molar-refractivity contribution in [3.8, 4) is 5.88 Å². The number of rotatable bonds is 2. The van der Waals surface area contributed by atoms with Crippen LogP contribution >= 0.6 is 0 Å². The summed E-state index contributed by atoms with van der Waals surface area (Å²) in [6.07, 6.45) is 6.42. The van der Waals surface area contributed by atoms with Gasteiger partial charge >= 0.3 is 12.1 Å². The molecule has 1 aromatic rings. The number of aromatic nitrogens is 2. The quantitative estimate of drug-likeness (QED) is 0.863. The lowest BCUT2D eigenvalue weighted by molar-refractivity contribution is -0.192. The summed E-state index contributed by atoms with van der Waals surface area (Å²) in [7, 11) is 0. The van der Waals surface area contributed by atoms with Crippen LogP contribution in [0.25, 0.3) is 0 Å². The first-order valence-electron chi connectivity index (χ1n) is 7.33. The first-order chi connectivity index (χ1) is 10.8. The highest BCUT2D eigenvalue weighted by Crippen LogP contribution is 2.27. The highest BCUT2D eigenvalue weighted by atomic mass is 19.4. The van der Waals surface area contributed by atoms with Gasteiger partial charge in [0, 0.05) is 24.5 Å². The number of ether oxygens (including phenoxy) is 1. The van der Waals surface area contributed by atoms with E-state index in [1.165, 1.54) is 19.3 Å². The molecule has 3 atom stereocenters. The predicted octanol–water partition coefficient (Wildman–Crippen LogP) is 2.16. The summed E-state index contributed by atoms with van der Waals surface area (Å²) in [5, 5.41) is 10.8.